The largest absolute Gasteiger partial charge is 0.339 e. The third kappa shape index (κ3) is 2.36. The zero-order chi connectivity index (χ0) is 16.0. The van der Waals surface area contributed by atoms with Crippen molar-refractivity contribution in [1.29, 1.82) is 0 Å². The second-order valence-electron chi connectivity index (χ2n) is 7.08. The van der Waals surface area contributed by atoms with Crippen molar-refractivity contribution >= 4 is 21.6 Å². The van der Waals surface area contributed by atoms with E-state index in [-0.39, 0.29) is 5.41 Å². The molecule has 5 rings (SSSR count). The summed E-state index contributed by atoms with van der Waals surface area (Å²) in [5.74, 6) is 1.61. The lowest BCUT2D eigenvalue weighted by Gasteiger charge is -2.44. The fourth-order valence-electron chi connectivity index (χ4n) is 4.30. The third-order valence-corrected chi connectivity index (χ3v) is 6.35. The summed E-state index contributed by atoms with van der Waals surface area (Å²) in [5.41, 5.74) is 1.14. The zero-order valence-corrected chi connectivity index (χ0v) is 14.4. The number of aromatic nitrogens is 3. The topological polar surface area (TPSA) is 55.1 Å². The fraction of sp³-hybridized carbons (Fsp3) is 0.500. The Morgan fingerprint density at radius 3 is 2.88 bits per heavy atom. The molecule has 2 aliphatic heterocycles. The molecule has 2 saturated heterocycles. The fourth-order valence-corrected chi connectivity index (χ4v) is 5.10. The van der Waals surface area contributed by atoms with E-state index in [9.17, 15) is 0 Å². The molecular formula is C18H20N4OS. The van der Waals surface area contributed by atoms with Crippen molar-refractivity contribution in [2.24, 2.45) is 0 Å². The molecule has 124 valence electrons. The molecule has 5 nitrogen and oxygen atoms in total. The Morgan fingerprint density at radius 2 is 2.00 bits per heavy atom. The van der Waals surface area contributed by atoms with Gasteiger partial charge in [0.15, 0.2) is 5.82 Å². The van der Waals surface area contributed by atoms with Crippen molar-refractivity contribution in [3.63, 3.8) is 0 Å². The first-order valence-electron chi connectivity index (χ1n) is 8.71. The highest BCUT2D eigenvalue weighted by molar-refractivity contribution is 7.13. The first-order valence-corrected chi connectivity index (χ1v) is 9.49. The minimum absolute atomic E-state index is 0.0892. The van der Waals surface area contributed by atoms with Gasteiger partial charge in [-0.1, -0.05) is 23.4 Å². The molecule has 3 aromatic rings. The van der Waals surface area contributed by atoms with Crippen molar-refractivity contribution in [2.45, 2.75) is 37.5 Å². The maximum absolute atomic E-state index is 5.73. The van der Waals surface area contributed by atoms with Gasteiger partial charge in [0, 0.05) is 11.9 Å². The van der Waals surface area contributed by atoms with E-state index >= 15 is 0 Å². The Balaban J connectivity index is 1.43. The van der Waals surface area contributed by atoms with Gasteiger partial charge >= 0.3 is 0 Å². The average molecular weight is 340 g/mol. The Labute approximate surface area is 144 Å². The van der Waals surface area contributed by atoms with Crippen molar-refractivity contribution in [2.75, 3.05) is 19.6 Å². The average Bonchev–Trinajstić information content (AvgIpc) is 3.24. The summed E-state index contributed by atoms with van der Waals surface area (Å²) >= 11 is 1.54. The molecule has 6 heteroatoms. The smallest absolute Gasteiger partial charge is 0.234 e. The molecule has 2 fully saturated rings. The predicted octanol–water partition coefficient (Wildman–Crippen LogP) is 3.40. The van der Waals surface area contributed by atoms with Gasteiger partial charge in [-0.25, -0.2) is 0 Å². The van der Waals surface area contributed by atoms with E-state index in [1.165, 1.54) is 60.4 Å². The van der Waals surface area contributed by atoms with Gasteiger partial charge < -0.3 is 9.42 Å². The highest BCUT2D eigenvalue weighted by atomic mass is 32.1. The summed E-state index contributed by atoms with van der Waals surface area (Å²) in [5, 5.41) is 5.48. The molecule has 0 saturated carbocycles. The van der Waals surface area contributed by atoms with Crippen LogP contribution in [0.3, 0.4) is 0 Å². The molecule has 0 spiro atoms. The summed E-state index contributed by atoms with van der Waals surface area (Å²) in [6.07, 6.45) is 5.45. The van der Waals surface area contributed by atoms with Crippen molar-refractivity contribution in [1.82, 2.24) is 19.4 Å². The van der Waals surface area contributed by atoms with Gasteiger partial charge in [-0.3, -0.25) is 0 Å². The first kappa shape index (κ1) is 14.5. The van der Waals surface area contributed by atoms with Crippen LogP contribution in [0.25, 0.3) is 10.1 Å². The molecule has 24 heavy (non-hydrogen) atoms. The lowest BCUT2D eigenvalue weighted by Crippen LogP contribution is -2.50. The van der Waals surface area contributed by atoms with Crippen molar-refractivity contribution < 1.29 is 4.52 Å². The van der Waals surface area contributed by atoms with Crippen LogP contribution in [0.2, 0.25) is 0 Å². The number of benzene rings is 1. The Bertz CT molecular complexity index is 861. The van der Waals surface area contributed by atoms with Crippen LogP contribution < -0.4 is 0 Å². The molecule has 0 unspecified atom stereocenters. The molecule has 1 aromatic carbocycles. The molecule has 0 aliphatic carbocycles. The van der Waals surface area contributed by atoms with Crippen LogP contribution in [0.15, 0.2) is 28.8 Å². The summed E-state index contributed by atoms with van der Waals surface area (Å²) in [6, 6.07) is 8.33. The van der Waals surface area contributed by atoms with Gasteiger partial charge in [-0.05, 0) is 56.4 Å². The molecule has 2 aromatic heterocycles. The molecule has 0 radical (unpaired) electrons. The molecular weight excluding hydrogens is 320 g/mol. The minimum atomic E-state index is 0.0892. The standard InChI is InChI=1S/C18H20N4OS/c1-2-6-15-13(5-1)14(21-24-15)11-16-19-17(23-20-16)18-7-3-9-22(12-18)10-4-8-18/h1-2,5-6H,3-4,7-12H2. The van der Waals surface area contributed by atoms with E-state index < -0.39 is 0 Å². The molecule has 0 N–H and O–H groups in total. The zero-order valence-electron chi connectivity index (χ0n) is 13.6. The summed E-state index contributed by atoms with van der Waals surface area (Å²) in [6.45, 7) is 3.51. The molecule has 0 amide bonds. The van der Waals surface area contributed by atoms with E-state index in [0.717, 1.165) is 24.0 Å². The highest BCUT2D eigenvalue weighted by Crippen LogP contribution is 2.40. The number of rotatable bonds is 3. The maximum atomic E-state index is 5.73. The van der Waals surface area contributed by atoms with Gasteiger partial charge in [0.2, 0.25) is 5.89 Å². The van der Waals surface area contributed by atoms with Gasteiger partial charge in [0.05, 0.1) is 22.2 Å². The number of hydrogen-bond donors (Lipinski definition) is 0. The third-order valence-electron chi connectivity index (χ3n) is 5.49. The van der Waals surface area contributed by atoms with E-state index in [0.29, 0.717) is 6.42 Å². The maximum Gasteiger partial charge on any atom is 0.234 e. The van der Waals surface area contributed by atoms with Gasteiger partial charge in [-0.2, -0.15) is 9.36 Å². The molecule has 0 atom stereocenters. The van der Waals surface area contributed by atoms with E-state index in [1.54, 1.807) is 0 Å². The van der Waals surface area contributed by atoms with E-state index in [2.05, 4.69) is 32.6 Å². The number of piperidine rings is 2. The van der Waals surface area contributed by atoms with Gasteiger partial charge in [0.1, 0.15) is 0 Å². The number of nitrogens with zero attached hydrogens (tertiary/aromatic N) is 4. The van der Waals surface area contributed by atoms with Crippen LogP contribution >= 0.6 is 11.5 Å². The predicted molar refractivity (Wildman–Crippen MR) is 93.3 cm³/mol. The lowest BCUT2D eigenvalue weighted by atomic mass is 9.73. The van der Waals surface area contributed by atoms with Gasteiger partial charge in [-0.15, -0.1) is 0 Å². The Morgan fingerprint density at radius 1 is 1.17 bits per heavy atom. The SMILES string of the molecule is c1ccc2c(Cc3noc(C45CCCN(CCC4)C5)n3)nsc2c1. The first-order chi connectivity index (χ1) is 11.8. The molecule has 2 aliphatic rings. The van der Waals surface area contributed by atoms with Crippen LogP contribution in [0.5, 0.6) is 0 Å². The van der Waals surface area contributed by atoms with Crippen LogP contribution in [0.4, 0.5) is 0 Å². The summed E-state index contributed by atoms with van der Waals surface area (Å²) in [7, 11) is 0. The van der Waals surface area contributed by atoms with Crippen LogP contribution in [0.1, 0.15) is 43.1 Å². The number of fused-ring (bicyclic) bond motifs is 3. The summed E-state index contributed by atoms with van der Waals surface area (Å²) < 4.78 is 11.5. The Hall–Kier alpha value is -1.79. The highest BCUT2D eigenvalue weighted by Gasteiger charge is 2.43. The monoisotopic (exact) mass is 340 g/mol. The Kier molecular flexibility index (Phi) is 3.41. The van der Waals surface area contributed by atoms with Gasteiger partial charge in [0.25, 0.3) is 0 Å². The van der Waals surface area contributed by atoms with E-state index in [1.807, 2.05) is 6.07 Å². The second kappa shape index (κ2) is 5.63. The summed E-state index contributed by atoms with van der Waals surface area (Å²) in [4.78, 5) is 7.33. The van der Waals surface area contributed by atoms with Crippen LogP contribution in [0, 0.1) is 0 Å². The van der Waals surface area contributed by atoms with Crippen molar-refractivity contribution in [3.8, 4) is 0 Å². The van der Waals surface area contributed by atoms with Crippen LogP contribution in [-0.2, 0) is 11.8 Å². The quantitative estimate of drug-likeness (QED) is 0.731. The van der Waals surface area contributed by atoms with Crippen molar-refractivity contribution in [3.05, 3.63) is 41.7 Å². The normalized spacial score (nSPS) is 26.8. The molecule has 4 heterocycles. The second-order valence-corrected chi connectivity index (χ2v) is 7.89. The van der Waals surface area contributed by atoms with Crippen LogP contribution in [-0.4, -0.2) is 39.0 Å². The minimum Gasteiger partial charge on any atom is -0.339 e. The lowest BCUT2D eigenvalue weighted by molar-refractivity contribution is 0.0711. The molecule has 2 bridgehead atoms. The van der Waals surface area contributed by atoms with E-state index in [4.69, 9.17) is 9.51 Å². The number of hydrogen-bond acceptors (Lipinski definition) is 6.